The molecule has 7 heteroatoms. The summed E-state index contributed by atoms with van der Waals surface area (Å²) in [7, 11) is -3.46. The molecule has 18 heavy (non-hydrogen) atoms. The molecule has 1 heterocycles. The van der Waals surface area contributed by atoms with Crippen LogP contribution in [0.15, 0.2) is 28.8 Å². The lowest BCUT2D eigenvalue weighted by Crippen LogP contribution is -2.38. The average molecular weight is 269 g/mol. The zero-order valence-corrected chi connectivity index (χ0v) is 10.8. The maximum atomic E-state index is 11.9. The summed E-state index contributed by atoms with van der Waals surface area (Å²) in [5.74, 6) is -0.214. The van der Waals surface area contributed by atoms with Crippen LogP contribution in [0.1, 0.15) is 12.6 Å². The number of rotatable bonds is 5. The first-order valence-electron chi connectivity index (χ1n) is 5.55. The monoisotopic (exact) mass is 269 g/mol. The highest BCUT2D eigenvalue weighted by Crippen LogP contribution is 2.19. The molecule has 0 fully saturated rings. The van der Waals surface area contributed by atoms with Gasteiger partial charge in [-0.1, -0.05) is 17.3 Å². The number of benzene rings is 1. The van der Waals surface area contributed by atoms with Gasteiger partial charge in [-0.15, -0.1) is 0 Å². The molecule has 6 nitrogen and oxygen atoms in total. The number of sulfonamides is 1. The molecule has 0 amide bonds. The minimum atomic E-state index is -3.46. The largest absolute Gasteiger partial charge is 0.356 e. The van der Waals surface area contributed by atoms with Crippen LogP contribution in [0.4, 0.5) is 0 Å². The average Bonchev–Trinajstić information content (AvgIpc) is 2.71. The Bertz CT molecular complexity index is 636. The number of aromatic nitrogens is 1. The number of hydrogen-bond donors (Lipinski definition) is 2. The van der Waals surface area contributed by atoms with E-state index >= 15 is 0 Å². The van der Waals surface area contributed by atoms with Gasteiger partial charge in [-0.3, -0.25) is 0 Å². The van der Waals surface area contributed by atoms with E-state index in [1.165, 1.54) is 0 Å². The Morgan fingerprint density at radius 2 is 2.17 bits per heavy atom. The molecular formula is C11H15N3O3S. The van der Waals surface area contributed by atoms with E-state index in [0.717, 1.165) is 0 Å². The second kappa shape index (κ2) is 5.05. The molecule has 0 radical (unpaired) electrons. The van der Waals surface area contributed by atoms with Gasteiger partial charge in [0.15, 0.2) is 5.58 Å². The molecule has 1 aromatic carbocycles. The van der Waals surface area contributed by atoms with Crippen molar-refractivity contribution in [1.82, 2.24) is 9.88 Å². The first-order valence-corrected chi connectivity index (χ1v) is 7.20. The maximum Gasteiger partial charge on any atom is 0.217 e. The summed E-state index contributed by atoms with van der Waals surface area (Å²) >= 11 is 0. The van der Waals surface area contributed by atoms with Crippen LogP contribution >= 0.6 is 0 Å². The highest BCUT2D eigenvalue weighted by molar-refractivity contribution is 7.88. The first-order chi connectivity index (χ1) is 8.52. The Kier molecular flexibility index (Phi) is 3.65. The minimum Gasteiger partial charge on any atom is -0.356 e. The highest BCUT2D eigenvalue weighted by atomic mass is 32.2. The van der Waals surface area contributed by atoms with E-state index in [4.69, 9.17) is 10.3 Å². The third-order valence-electron chi connectivity index (χ3n) is 2.51. The van der Waals surface area contributed by atoms with Crippen molar-refractivity contribution < 1.29 is 12.9 Å². The van der Waals surface area contributed by atoms with Gasteiger partial charge in [0.25, 0.3) is 0 Å². The molecule has 0 unspecified atom stereocenters. The fraction of sp³-hybridized carbons (Fsp3) is 0.364. The molecule has 0 aliphatic heterocycles. The van der Waals surface area contributed by atoms with Crippen molar-refractivity contribution in [1.29, 1.82) is 0 Å². The molecule has 0 spiro atoms. The van der Waals surface area contributed by atoms with E-state index in [9.17, 15) is 8.42 Å². The number of hydrogen-bond acceptors (Lipinski definition) is 5. The van der Waals surface area contributed by atoms with Crippen LogP contribution in [0.2, 0.25) is 0 Å². The van der Waals surface area contributed by atoms with E-state index in [1.807, 2.05) is 6.07 Å². The third-order valence-corrected chi connectivity index (χ3v) is 3.93. The van der Waals surface area contributed by atoms with Crippen LogP contribution in [0.25, 0.3) is 11.0 Å². The van der Waals surface area contributed by atoms with Gasteiger partial charge in [0.05, 0.1) is 0 Å². The van der Waals surface area contributed by atoms with E-state index < -0.39 is 10.0 Å². The molecule has 2 rings (SSSR count). The zero-order chi connectivity index (χ0) is 13.2. The van der Waals surface area contributed by atoms with Crippen molar-refractivity contribution in [3.8, 4) is 0 Å². The normalized spacial score (nSPS) is 13.9. The molecule has 0 saturated carbocycles. The Morgan fingerprint density at radius 1 is 1.44 bits per heavy atom. The number of nitrogens with one attached hydrogen (secondary N) is 1. The van der Waals surface area contributed by atoms with E-state index in [2.05, 4.69) is 9.88 Å². The standard InChI is InChI=1S/C11H15N3O3S/c1-8(6-12)14-18(15,16)7-10-9-4-2-3-5-11(9)17-13-10/h2-5,8,14H,6-7,12H2,1H3/t8-/m1/s1. The van der Waals surface area contributed by atoms with Gasteiger partial charge in [-0.25, -0.2) is 13.1 Å². The second-order valence-corrected chi connectivity index (χ2v) is 5.89. The molecule has 1 aromatic heterocycles. The van der Waals surface area contributed by atoms with E-state index in [-0.39, 0.29) is 18.3 Å². The van der Waals surface area contributed by atoms with E-state index in [1.54, 1.807) is 25.1 Å². The van der Waals surface area contributed by atoms with Crippen LogP contribution < -0.4 is 10.5 Å². The summed E-state index contributed by atoms with van der Waals surface area (Å²) in [5.41, 5.74) is 6.37. The Morgan fingerprint density at radius 3 is 2.89 bits per heavy atom. The van der Waals surface area contributed by atoms with Crippen molar-refractivity contribution in [3.63, 3.8) is 0 Å². The lowest BCUT2D eigenvalue weighted by atomic mass is 10.2. The lowest BCUT2D eigenvalue weighted by molar-refractivity contribution is 0.448. The van der Waals surface area contributed by atoms with Crippen LogP contribution in [0.3, 0.4) is 0 Å². The second-order valence-electron chi connectivity index (χ2n) is 4.14. The molecule has 2 aromatic rings. The van der Waals surface area contributed by atoms with Crippen molar-refractivity contribution in [2.45, 2.75) is 18.7 Å². The van der Waals surface area contributed by atoms with Crippen molar-refractivity contribution in [3.05, 3.63) is 30.0 Å². The highest BCUT2D eigenvalue weighted by Gasteiger charge is 2.18. The predicted octanol–water partition coefficient (Wildman–Crippen LogP) is 0.594. The molecule has 3 N–H and O–H groups in total. The smallest absolute Gasteiger partial charge is 0.217 e. The van der Waals surface area contributed by atoms with Gasteiger partial charge in [0, 0.05) is 18.0 Å². The van der Waals surface area contributed by atoms with Gasteiger partial charge in [-0.2, -0.15) is 0 Å². The van der Waals surface area contributed by atoms with Crippen LogP contribution in [0.5, 0.6) is 0 Å². The Hall–Kier alpha value is -1.44. The van der Waals surface area contributed by atoms with Crippen molar-refractivity contribution >= 4 is 21.0 Å². The molecule has 0 aliphatic rings. The number of nitrogens with two attached hydrogens (primary N) is 1. The van der Waals surface area contributed by atoms with Crippen LogP contribution in [-0.2, 0) is 15.8 Å². The van der Waals surface area contributed by atoms with Crippen LogP contribution in [0, 0.1) is 0 Å². The molecule has 0 bridgehead atoms. The summed E-state index contributed by atoms with van der Waals surface area (Å²) < 4.78 is 31.3. The predicted molar refractivity (Wildman–Crippen MR) is 68.3 cm³/mol. The number of para-hydroxylation sites is 1. The van der Waals surface area contributed by atoms with Gasteiger partial charge < -0.3 is 10.3 Å². The van der Waals surface area contributed by atoms with Gasteiger partial charge >= 0.3 is 0 Å². The quantitative estimate of drug-likeness (QED) is 0.828. The molecule has 0 aliphatic carbocycles. The number of fused-ring (bicyclic) bond motifs is 1. The maximum absolute atomic E-state index is 11.9. The van der Waals surface area contributed by atoms with E-state index in [0.29, 0.717) is 16.7 Å². The fourth-order valence-electron chi connectivity index (χ4n) is 1.62. The van der Waals surface area contributed by atoms with Gasteiger partial charge in [0.1, 0.15) is 11.4 Å². The zero-order valence-electron chi connectivity index (χ0n) is 9.96. The molecule has 1 atom stereocenters. The summed E-state index contributed by atoms with van der Waals surface area (Å²) in [6.07, 6.45) is 0. The van der Waals surface area contributed by atoms with Crippen molar-refractivity contribution in [2.24, 2.45) is 5.73 Å². The number of nitrogens with zero attached hydrogens (tertiary/aromatic N) is 1. The summed E-state index contributed by atoms with van der Waals surface area (Å²) in [5, 5.41) is 4.50. The summed E-state index contributed by atoms with van der Waals surface area (Å²) in [4.78, 5) is 0. The minimum absolute atomic E-state index is 0.214. The van der Waals surface area contributed by atoms with Gasteiger partial charge in [-0.05, 0) is 19.1 Å². The topological polar surface area (TPSA) is 98.2 Å². The SMILES string of the molecule is C[C@H](CN)NS(=O)(=O)Cc1noc2ccccc12. The Balaban J connectivity index is 2.23. The Labute approximate surface area is 105 Å². The summed E-state index contributed by atoms with van der Waals surface area (Å²) in [6.45, 7) is 1.96. The third kappa shape index (κ3) is 2.87. The molecular weight excluding hydrogens is 254 g/mol. The van der Waals surface area contributed by atoms with Gasteiger partial charge in [0.2, 0.25) is 10.0 Å². The lowest BCUT2D eigenvalue weighted by Gasteiger charge is -2.10. The summed E-state index contributed by atoms with van der Waals surface area (Å²) in [6, 6.07) is 6.84. The first kappa shape index (κ1) is 13.0. The molecule has 98 valence electrons. The molecule has 0 saturated heterocycles. The van der Waals surface area contributed by atoms with Crippen molar-refractivity contribution in [2.75, 3.05) is 6.54 Å². The fourth-order valence-corrected chi connectivity index (χ4v) is 2.98. The van der Waals surface area contributed by atoms with Crippen LogP contribution in [-0.4, -0.2) is 26.2 Å².